The van der Waals surface area contributed by atoms with E-state index in [0.717, 1.165) is 67.6 Å². The second-order valence-corrected chi connectivity index (χ2v) is 12.0. The van der Waals surface area contributed by atoms with Gasteiger partial charge in [-0.3, -0.25) is 4.98 Å². The highest BCUT2D eigenvalue weighted by atomic mass is 16.5. The highest BCUT2D eigenvalue weighted by molar-refractivity contribution is 5.85. The van der Waals surface area contributed by atoms with Gasteiger partial charge in [0.2, 0.25) is 0 Å². The summed E-state index contributed by atoms with van der Waals surface area (Å²) < 4.78 is 23.1. The molecular weight excluding hydrogens is 650 g/mol. The first-order valence-electron chi connectivity index (χ1n) is 17.2. The molecule has 0 spiro atoms. The van der Waals surface area contributed by atoms with Crippen molar-refractivity contribution in [3.8, 4) is 23.3 Å². The Kier molecular flexibility index (Phi) is 12.4. The average Bonchev–Trinajstić information content (AvgIpc) is 3.17. The summed E-state index contributed by atoms with van der Waals surface area (Å²) in [4.78, 5) is 30.4. The van der Waals surface area contributed by atoms with E-state index in [2.05, 4.69) is 64.2 Å². The fraction of sp³-hybridized carbons (Fsp3) is 0.389. The van der Waals surface area contributed by atoms with E-state index in [-0.39, 0.29) is 0 Å². The van der Waals surface area contributed by atoms with E-state index in [9.17, 15) is 0 Å². The summed E-state index contributed by atoms with van der Waals surface area (Å²) in [5.74, 6) is 4.53. The largest absolute Gasteiger partial charge is 0.488 e. The van der Waals surface area contributed by atoms with Crippen LogP contribution in [0.5, 0.6) is 23.3 Å². The zero-order valence-corrected chi connectivity index (χ0v) is 29.0. The Bertz CT molecular complexity index is 1820. The van der Waals surface area contributed by atoms with E-state index in [1.807, 2.05) is 36.4 Å². The van der Waals surface area contributed by atoms with E-state index < -0.39 is 0 Å². The highest BCUT2D eigenvalue weighted by Gasteiger charge is 2.24. The molecule has 2 fully saturated rings. The second kappa shape index (κ2) is 17.9. The molecule has 1 aromatic carbocycles. The molecule has 0 unspecified atom stereocenters. The molecule has 15 heteroatoms. The molecule has 268 valence electrons. The van der Waals surface area contributed by atoms with Crippen LogP contribution in [-0.4, -0.2) is 108 Å². The Labute approximate surface area is 297 Å². The molecule has 0 bridgehead atoms. The van der Waals surface area contributed by atoms with Gasteiger partial charge in [0, 0.05) is 87.7 Å². The Morgan fingerprint density at radius 1 is 0.686 bits per heavy atom. The molecule has 7 rings (SSSR count). The quantitative estimate of drug-likeness (QED) is 0.163. The summed E-state index contributed by atoms with van der Waals surface area (Å²) in [5.41, 5.74) is 6.55. The number of fused-ring (bicyclic) bond motifs is 1. The second-order valence-electron chi connectivity index (χ2n) is 12.0. The molecule has 0 saturated carbocycles. The molecule has 51 heavy (non-hydrogen) atoms. The SMILES string of the molecule is C[C@@H]1CNCCN1c1nccnc1OCCOc1cccc2ccc(N)nc12.C[C@@H]1CNCCN1c1nccnc1OCCOc1cccnc1. The van der Waals surface area contributed by atoms with Crippen LogP contribution < -0.4 is 45.1 Å². The van der Waals surface area contributed by atoms with Gasteiger partial charge in [-0.05, 0) is 44.2 Å². The minimum absolute atomic E-state index is 0.330. The third-order valence-electron chi connectivity index (χ3n) is 8.35. The van der Waals surface area contributed by atoms with E-state index in [1.165, 1.54) is 0 Å². The molecule has 0 aliphatic carbocycles. The lowest BCUT2D eigenvalue weighted by Gasteiger charge is -2.35. The van der Waals surface area contributed by atoms with Crippen LogP contribution in [0.4, 0.5) is 17.5 Å². The molecule has 0 radical (unpaired) electrons. The van der Waals surface area contributed by atoms with Crippen LogP contribution in [0.2, 0.25) is 0 Å². The topological polar surface area (TPSA) is 171 Å². The lowest BCUT2D eigenvalue weighted by Crippen LogP contribution is -2.50. The predicted octanol–water partition coefficient (Wildman–Crippen LogP) is 2.99. The zero-order valence-electron chi connectivity index (χ0n) is 29.0. The maximum absolute atomic E-state index is 5.89. The maximum Gasteiger partial charge on any atom is 0.257 e. The number of para-hydroxylation sites is 1. The third-order valence-corrected chi connectivity index (χ3v) is 8.35. The van der Waals surface area contributed by atoms with Crippen molar-refractivity contribution < 1.29 is 18.9 Å². The molecule has 0 amide bonds. The molecule has 2 aliphatic heterocycles. The zero-order chi connectivity index (χ0) is 35.3. The van der Waals surface area contributed by atoms with E-state index >= 15 is 0 Å². The molecule has 4 aromatic heterocycles. The first kappa shape index (κ1) is 35.3. The average molecular weight is 696 g/mol. The van der Waals surface area contributed by atoms with Gasteiger partial charge in [-0.1, -0.05) is 12.1 Å². The van der Waals surface area contributed by atoms with Crippen LogP contribution in [0.25, 0.3) is 10.9 Å². The van der Waals surface area contributed by atoms with Gasteiger partial charge in [0.15, 0.2) is 11.6 Å². The standard InChI is InChI=1S/C20H24N6O2.C16H21N5O2/c1-14-13-22-9-10-26(14)19-20(24-8-7-23-19)28-12-11-27-16-4-2-3-15-5-6-17(21)25-18(15)16;1-13-11-18-7-8-21(13)15-16(20-6-5-19-15)23-10-9-22-14-3-2-4-17-12-14/h2-8,14,22H,9-13H2,1H3,(H2,21,25);2-6,12-13,18H,7-11H2,1H3/t14-;13-/m11/s1. The lowest BCUT2D eigenvalue weighted by atomic mass is 10.2. The number of nitrogens with zero attached hydrogens (tertiary/aromatic N) is 8. The summed E-state index contributed by atoms with van der Waals surface area (Å²) in [6, 6.07) is 13.9. The Morgan fingerprint density at radius 2 is 1.29 bits per heavy atom. The van der Waals surface area contributed by atoms with Gasteiger partial charge in [0.25, 0.3) is 11.8 Å². The van der Waals surface area contributed by atoms with E-state index in [4.69, 9.17) is 24.7 Å². The molecule has 2 saturated heterocycles. The van der Waals surface area contributed by atoms with Gasteiger partial charge < -0.3 is 45.1 Å². The number of nitrogens with one attached hydrogen (secondary N) is 2. The number of ether oxygens (including phenoxy) is 4. The van der Waals surface area contributed by atoms with Crippen molar-refractivity contribution in [3.05, 3.63) is 79.6 Å². The molecule has 2 aliphatic rings. The fourth-order valence-electron chi connectivity index (χ4n) is 5.82. The third kappa shape index (κ3) is 9.58. The first-order chi connectivity index (χ1) is 25.1. The van der Waals surface area contributed by atoms with Crippen molar-refractivity contribution in [1.82, 2.24) is 40.5 Å². The molecule has 2 atom stereocenters. The van der Waals surface area contributed by atoms with Crippen molar-refractivity contribution in [2.75, 3.05) is 81.2 Å². The van der Waals surface area contributed by atoms with E-state index in [1.54, 1.807) is 43.2 Å². The van der Waals surface area contributed by atoms with Gasteiger partial charge in [0.05, 0.1) is 6.20 Å². The van der Waals surface area contributed by atoms with Crippen LogP contribution in [0.15, 0.2) is 79.6 Å². The number of nitrogen functional groups attached to an aromatic ring is 1. The molecule has 5 aromatic rings. The number of nitrogens with two attached hydrogens (primary N) is 1. The summed E-state index contributed by atoms with van der Waals surface area (Å²) in [6.45, 7) is 11.3. The summed E-state index contributed by atoms with van der Waals surface area (Å²) >= 11 is 0. The number of benzene rings is 1. The van der Waals surface area contributed by atoms with E-state index in [0.29, 0.717) is 61.8 Å². The van der Waals surface area contributed by atoms with Crippen LogP contribution in [0.1, 0.15) is 13.8 Å². The minimum atomic E-state index is 0.330. The molecule has 4 N–H and O–H groups in total. The van der Waals surface area contributed by atoms with Crippen molar-refractivity contribution in [2.24, 2.45) is 0 Å². The van der Waals surface area contributed by atoms with Crippen molar-refractivity contribution in [3.63, 3.8) is 0 Å². The van der Waals surface area contributed by atoms with Crippen LogP contribution in [0.3, 0.4) is 0 Å². The number of anilines is 3. The summed E-state index contributed by atoms with van der Waals surface area (Å²) in [7, 11) is 0. The number of piperazine rings is 2. The summed E-state index contributed by atoms with van der Waals surface area (Å²) in [5, 5.41) is 7.73. The Hall–Kier alpha value is -5.54. The van der Waals surface area contributed by atoms with Gasteiger partial charge in [-0.25, -0.2) is 24.9 Å². The molecular formula is C36H45N11O4. The van der Waals surface area contributed by atoms with Crippen molar-refractivity contribution in [2.45, 2.75) is 25.9 Å². The van der Waals surface area contributed by atoms with Gasteiger partial charge >= 0.3 is 0 Å². The monoisotopic (exact) mass is 695 g/mol. The number of hydrogen-bond acceptors (Lipinski definition) is 15. The normalized spacial score (nSPS) is 17.3. The number of rotatable bonds is 12. The van der Waals surface area contributed by atoms with Gasteiger partial charge in [0.1, 0.15) is 49.3 Å². The lowest BCUT2D eigenvalue weighted by molar-refractivity contribution is 0.211. The Morgan fingerprint density at radius 3 is 1.90 bits per heavy atom. The smallest absolute Gasteiger partial charge is 0.257 e. The Balaban J connectivity index is 0.000000179. The minimum Gasteiger partial charge on any atom is -0.488 e. The van der Waals surface area contributed by atoms with Crippen LogP contribution >= 0.6 is 0 Å². The molecule has 6 heterocycles. The number of pyridine rings is 2. The highest BCUT2D eigenvalue weighted by Crippen LogP contribution is 2.27. The van der Waals surface area contributed by atoms with Gasteiger partial charge in [-0.15, -0.1) is 0 Å². The van der Waals surface area contributed by atoms with Crippen molar-refractivity contribution >= 4 is 28.4 Å². The maximum atomic E-state index is 5.89. The van der Waals surface area contributed by atoms with Gasteiger partial charge in [-0.2, -0.15) is 0 Å². The fourth-order valence-corrected chi connectivity index (χ4v) is 5.82. The van der Waals surface area contributed by atoms with Crippen LogP contribution in [0, 0.1) is 0 Å². The molecule has 15 nitrogen and oxygen atoms in total. The van der Waals surface area contributed by atoms with Crippen molar-refractivity contribution in [1.29, 1.82) is 0 Å². The predicted molar refractivity (Wildman–Crippen MR) is 196 cm³/mol. The van der Waals surface area contributed by atoms with Crippen LogP contribution in [-0.2, 0) is 0 Å². The summed E-state index contributed by atoms with van der Waals surface area (Å²) in [6.07, 6.45) is 10.1. The number of hydrogen-bond donors (Lipinski definition) is 3. The number of aromatic nitrogens is 6. The first-order valence-corrected chi connectivity index (χ1v) is 17.2.